The van der Waals surface area contributed by atoms with Gasteiger partial charge in [0.25, 0.3) is 0 Å². The fourth-order valence-corrected chi connectivity index (χ4v) is 6.46. The number of methoxy groups -OCH3 is 1. The number of piperidine rings is 1. The summed E-state index contributed by atoms with van der Waals surface area (Å²) >= 11 is 0. The zero-order valence-corrected chi connectivity index (χ0v) is 18.7. The zero-order valence-electron chi connectivity index (χ0n) is 18.7. The van der Waals surface area contributed by atoms with E-state index in [0.29, 0.717) is 0 Å². The molecule has 0 bridgehead atoms. The van der Waals surface area contributed by atoms with Crippen molar-refractivity contribution in [3.8, 4) is 0 Å². The number of hydrogen-bond donors (Lipinski definition) is 2. The normalized spacial score (nSPS) is 38.8. The molecular weight excluding hydrogens is 368 g/mol. The topological polar surface area (TPSA) is 78.9 Å². The Kier molecular flexibility index (Phi) is 7.26. The molecule has 2 N–H and O–H groups in total. The Balaban J connectivity index is 1.71. The van der Waals surface area contributed by atoms with Crippen molar-refractivity contribution < 1.29 is 19.4 Å². The number of aliphatic hydroxyl groups is 1. The Morgan fingerprint density at radius 2 is 1.86 bits per heavy atom. The third-order valence-corrected chi connectivity index (χ3v) is 8.21. The van der Waals surface area contributed by atoms with E-state index in [1.807, 2.05) is 11.8 Å². The van der Waals surface area contributed by atoms with Crippen LogP contribution in [-0.2, 0) is 14.3 Å². The quantitative estimate of drug-likeness (QED) is 0.733. The van der Waals surface area contributed by atoms with Crippen molar-refractivity contribution in [1.29, 1.82) is 0 Å². The average Bonchev–Trinajstić information content (AvgIpc) is 2.70. The number of hydrogen-bond acceptors (Lipinski definition) is 4. The van der Waals surface area contributed by atoms with Gasteiger partial charge in [-0.3, -0.25) is 9.59 Å². The molecule has 2 aliphatic carbocycles. The maximum absolute atomic E-state index is 13.1. The number of nitrogens with one attached hydrogen (secondary N) is 1. The molecule has 0 spiro atoms. The van der Waals surface area contributed by atoms with Crippen LogP contribution in [-0.4, -0.2) is 60.8 Å². The zero-order chi connectivity index (χ0) is 21.2. The maximum atomic E-state index is 13.1. The molecule has 29 heavy (non-hydrogen) atoms. The van der Waals surface area contributed by atoms with Gasteiger partial charge in [0.2, 0.25) is 11.8 Å². The Bertz CT molecular complexity index is 591. The van der Waals surface area contributed by atoms with Gasteiger partial charge in [-0.05, 0) is 68.1 Å². The lowest BCUT2D eigenvalue weighted by Gasteiger charge is -2.56. The summed E-state index contributed by atoms with van der Waals surface area (Å²) in [6, 6.07) is 0.0530. The lowest BCUT2D eigenvalue weighted by molar-refractivity contribution is -0.151. The predicted octanol–water partition coefficient (Wildman–Crippen LogP) is 2.59. The average molecular weight is 409 g/mol. The molecule has 2 saturated carbocycles. The second-order valence-electron chi connectivity index (χ2n) is 10.1. The van der Waals surface area contributed by atoms with E-state index in [4.69, 9.17) is 4.74 Å². The summed E-state index contributed by atoms with van der Waals surface area (Å²) in [5.74, 6) is 0.236. The van der Waals surface area contributed by atoms with Gasteiger partial charge in [0.15, 0.2) is 0 Å². The Hall–Kier alpha value is -1.14. The van der Waals surface area contributed by atoms with Crippen molar-refractivity contribution in [2.45, 2.75) is 77.9 Å². The fourth-order valence-electron chi connectivity index (χ4n) is 6.46. The minimum absolute atomic E-state index is 0.00150. The molecule has 3 rings (SSSR count). The van der Waals surface area contributed by atoms with E-state index in [1.165, 1.54) is 13.5 Å². The Morgan fingerprint density at radius 3 is 2.52 bits per heavy atom. The first-order valence-electron chi connectivity index (χ1n) is 11.5. The van der Waals surface area contributed by atoms with Gasteiger partial charge in [-0.15, -0.1) is 0 Å². The molecule has 0 aromatic carbocycles. The number of nitrogens with zero attached hydrogens (tertiary/aromatic N) is 1. The highest BCUT2D eigenvalue weighted by Crippen LogP contribution is 2.55. The van der Waals surface area contributed by atoms with Crippen LogP contribution in [0.1, 0.15) is 65.7 Å². The van der Waals surface area contributed by atoms with Crippen molar-refractivity contribution in [1.82, 2.24) is 10.2 Å². The van der Waals surface area contributed by atoms with Crippen molar-refractivity contribution in [3.63, 3.8) is 0 Å². The third kappa shape index (κ3) is 4.63. The molecule has 1 saturated heterocycles. The van der Waals surface area contributed by atoms with E-state index in [0.717, 1.165) is 51.6 Å². The van der Waals surface area contributed by atoms with Crippen molar-refractivity contribution in [2.75, 3.05) is 26.8 Å². The van der Waals surface area contributed by atoms with Gasteiger partial charge in [0.05, 0.1) is 6.10 Å². The number of amides is 2. The molecule has 0 radical (unpaired) electrons. The predicted molar refractivity (Wildman–Crippen MR) is 112 cm³/mol. The van der Waals surface area contributed by atoms with Crippen molar-refractivity contribution in [2.24, 2.45) is 29.1 Å². The highest BCUT2D eigenvalue weighted by Gasteiger charge is 2.54. The highest BCUT2D eigenvalue weighted by atomic mass is 16.5. The molecule has 6 heteroatoms. The number of rotatable bonds is 5. The fraction of sp³-hybridized carbons (Fsp3) is 0.913. The van der Waals surface area contributed by atoms with Crippen LogP contribution in [0.3, 0.4) is 0 Å². The standard InChI is InChI=1S/C23H40N2O4/c1-15(22(28)25-12-6-5-7-13-25)17-8-10-23(3)11-9-18(24-19(26)14-29-4)16(2)20(23)21(17)27/h15-18,20-21,27H,5-14H2,1-4H3,(H,24,26)/t15-,16+,17+,18-,20+,21-,23-/m0/s1. The summed E-state index contributed by atoms with van der Waals surface area (Å²) in [5.41, 5.74) is 0.0751. The van der Waals surface area contributed by atoms with Crippen LogP contribution < -0.4 is 5.32 Å². The number of carbonyl (C=O) groups excluding carboxylic acids is 2. The summed E-state index contributed by atoms with van der Waals surface area (Å²) in [4.78, 5) is 27.2. The second-order valence-corrected chi connectivity index (χ2v) is 10.1. The van der Waals surface area contributed by atoms with Gasteiger partial charge in [-0.2, -0.15) is 0 Å². The monoisotopic (exact) mass is 408 g/mol. The van der Waals surface area contributed by atoms with Crippen LogP contribution in [0.25, 0.3) is 0 Å². The number of aliphatic hydroxyl groups excluding tert-OH is 1. The Labute approximate surface area is 175 Å². The van der Waals surface area contributed by atoms with Crippen LogP contribution in [0.4, 0.5) is 0 Å². The lowest BCUT2D eigenvalue weighted by atomic mass is 9.51. The molecule has 1 heterocycles. The van der Waals surface area contributed by atoms with E-state index in [1.54, 1.807) is 0 Å². The molecule has 0 unspecified atom stereocenters. The van der Waals surface area contributed by atoms with Gasteiger partial charge in [-0.1, -0.05) is 20.8 Å². The van der Waals surface area contributed by atoms with Crippen LogP contribution in [0, 0.1) is 29.1 Å². The SMILES string of the molecule is COCC(=O)N[C@H]1CC[C@]2(C)CC[C@H]([C@H](C)C(=O)N3CCCCC3)[C@H](O)[C@H]2[C@@H]1C. The van der Waals surface area contributed by atoms with Gasteiger partial charge in [0.1, 0.15) is 6.61 Å². The molecule has 6 nitrogen and oxygen atoms in total. The first-order valence-corrected chi connectivity index (χ1v) is 11.5. The summed E-state index contributed by atoms with van der Waals surface area (Å²) < 4.78 is 4.96. The largest absolute Gasteiger partial charge is 0.392 e. The van der Waals surface area contributed by atoms with E-state index in [-0.39, 0.29) is 53.5 Å². The van der Waals surface area contributed by atoms with E-state index in [2.05, 4.69) is 19.2 Å². The van der Waals surface area contributed by atoms with E-state index >= 15 is 0 Å². The summed E-state index contributed by atoms with van der Waals surface area (Å²) in [5, 5.41) is 14.6. The van der Waals surface area contributed by atoms with Gasteiger partial charge >= 0.3 is 0 Å². The van der Waals surface area contributed by atoms with E-state index in [9.17, 15) is 14.7 Å². The smallest absolute Gasteiger partial charge is 0.246 e. The highest BCUT2D eigenvalue weighted by molar-refractivity contribution is 5.79. The summed E-state index contributed by atoms with van der Waals surface area (Å²) in [7, 11) is 1.52. The summed E-state index contributed by atoms with van der Waals surface area (Å²) in [6.07, 6.45) is 6.76. The number of likely N-dealkylation sites (tertiary alicyclic amines) is 1. The molecule has 1 aliphatic heterocycles. The molecule has 3 fully saturated rings. The molecular formula is C23H40N2O4. The molecule has 2 amide bonds. The van der Waals surface area contributed by atoms with Crippen LogP contribution in [0.15, 0.2) is 0 Å². The molecule has 166 valence electrons. The van der Waals surface area contributed by atoms with Crippen molar-refractivity contribution in [3.05, 3.63) is 0 Å². The van der Waals surface area contributed by atoms with Crippen molar-refractivity contribution >= 4 is 11.8 Å². The van der Waals surface area contributed by atoms with Crippen LogP contribution >= 0.6 is 0 Å². The minimum Gasteiger partial charge on any atom is -0.392 e. The second kappa shape index (κ2) is 9.34. The van der Waals surface area contributed by atoms with Gasteiger partial charge < -0.3 is 20.1 Å². The third-order valence-electron chi connectivity index (χ3n) is 8.21. The summed E-state index contributed by atoms with van der Waals surface area (Å²) in [6.45, 7) is 8.24. The maximum Gasteiger partial charge on any atom is 0.246 e. The molecule has 0 aromatic rings. The molecule has 3 aliphatic rings. The van der Waals surface area contributed by atoms with Crippen LogP contribution in [0.5, 0.6) is 0 Å². The minimum atomic E-state index is -0.505. The van der Waals surface area contributed by atoms with E-state index < -0.39 is 6.10 Å². The molecule has 0 aromatic heterocycles. The number of carbonyl (C=O) groups is 2. The van der Waals surface area contributed by atoms with Gasteiger partial charge in [0, 0.05) is 32.2 Å². The first kappa shape index (κ1) is 22.5. The van der Waals surface area contributed by atoms with Crippen LogP contribution in [0.2, 0.25) is 0 Å². The van der Waals surface area contributed by atoms with Gasteiger partial charge in [-0.25, -0.2) is 0 Å². The number of ether oxygens (including phenoxy) is 1. The first-order chi connectivity index (χ1) is 13.8. The lowest BCUT2D eigenvalue weighted by Crippen LogP contribution is -2.59. The Morgan fingerprint density at radius 1 is 1.21 bits per heavy atom. The molecule has 7 atom stereocenters. The number of fused-ring (bicyclic) bond motifs is 1.